The van der Waals surface area contributed by atoms with Gasteiger partial charge in [-0.1, -0.05) is 54.5 Å². The second-order valence-electron chi connectivity index (χ2n) is 10.6. The Bertz CT molecular complexity index is 1080. The van der Waals surface area contributed by atoms with E-state index in [2.05, 4.69) is 94.9 Å². The van der Waals surface area contributed by atoms with E-state index in [1.807, 2.05) is 0 Å². The second-order valence-corrected chi connectivity index (χ2v) is 11.5. The summed E-state index contributed by atoms with van der Waals surface area (Å²) in [5, 5.41) is 10.1. The Kier molecular flexibility index (Phi) is 11.2. The number of thiol groups is 2. The molecule has 2 bridgehead atoms. The molecule has 1 N–H and O–H groups in total. The first-order chi connectivity index (χ1) is 18.6. The summed E-state index contributed by atoms with van der Waals surface area (Å²) in [6.07, 6.45) is 5.52. The largest absolute Gasteiger partial charge is 0.399 e. The average molecular weight is 557 g/mol. The molecule has 208 valence electrons. The Hall–Kier alpha value is -1.74. The summed E-state index contributed by atoms with van der Waals surface area (Å²) >= 11 is 8.62. The van der Waals surface area contributed by atoms with Crippen LogP contribution in [-0.4, -0.2) is 84.8 Å². The number of fused-ring (bicyclic) bond motifs is 3. The topological polar surface area (TPSA) is 57.2 Å². The Morgan fingerprint density at radius 3 is 2.68 bits per heavy atom. The maximum absolute atomic E-state index is 12.3. The van der Waals surface area contributed by atoms with E-state index in [4.69, 9.17) is 4.84 Å². The van der Waals surface area contributed by atoms with Crippen molar-refractivity contribution in [2.75, 3.05) is 51.3 Å². The van der Waals surface area contributed by atoms with E-state index >= 15 is 0 Å². The molecule has 0 aliphatic carbocycles. The smallest absolute Gasteiger partial charge is 0.234 e. The van der Waals surface area contributed by atoms with Crippen molar-refractivity contribution < 1.29 is 9.63 Å². The van der Waals surface area contributed by atoms with Crippen LogP contribution in [0.4, 0.5) is 0 Å². The fourth-order valence-electron chi connectivity index (χ4n) is 6.72. The fraction of sp³-hybridized carbons (Fsp3) is 0.600. The van der Waals surface area contributed by atoms with Crippen molar-refractivity contribution in [2.24, 2.45) is 11.1 Å². The molecule has 2 unspecified atom stereocenters. The third-order valence-electron chi connectivity index (χ3n) is 8.33. The molecule has 0 radical (unpaired) electrons. The summed E-state index contributed by atoms with van der Waals surface area (Å²) in [4.78, 5) is 22.6. The molecule has 2 aliphatic rings. The van der Waals surface area contributed by atoms with Crippen LogP contribution in [0.15, 0.2) is 47.6 Å². The lowest BCUT2D eigenvalue weighted by Gasteiger charge is -2.45. The Balaban J connectivity index is 1.49. The summed E-state index contributed by atoms with van der Waals surface area (Å²) < 4.78 is 0. The van der Waals surface area contributed by atoms with Crippen LogP contribution >= 0.6 is 25.3 Å². The molecule has 0 saturated carbocycles. The van der Waals surface area contributed by atoms with Gasteiger partial charge in [0.1, 0.15) is 7.11 Å². The van der Waals surface area contributed by atoms with Gasteiger partial charge < -0.3 is 10.2 Å². The molecule has 0 spiro atoms. The van der Waals surface area contributed by atoms with Crippen LogP contribution in [0.1, 0.15) is 50.5 Å². The lowest BCUT2D eigenvalue weighted by Crippen LogP contribution is -2.51. The zero-order valence-electron chi connectivity index (χ0n) is 22.9. The number of nitrogens with one attached hydrogen (secondary N) is 1. The predicted molar refractivity (Wildman–Crippen MR) is 165 cm³/mol. The molecular weight excluding hydrogens is 512 g/mol. The second kappa shape index (κ2) is 14.6. The molecule has 4 atom stereocenters. The minimum atomic E-state index is 0.0699. The van der Waals surface area contributed by atoms with Gasteiger partial charge in [-0.2, -0.15) is 25.3 Å². The highest BCUT2D eigenvalue weighted by Gasteiger charge is 2.49. The van der Waals surface area contributed by atoms with Gasteiger partial charge >= 0.3 is 0 Å². The maximum Gasteiger partial charge on any atom is 0.234 e. The summed E-state index contributed by atoms with van der Waals surface area (Å²) in [5.74, 6) is 2.26. The standard InChI is InChI=1S/C30H44N4O2S2/c1-3-27(32-36-2)30-26(24-10-9-22-7-4-5-8-23(22)19-24)20-25-11-12-28(30)34(25)15-6-14-33(16-18-38)21-29(35)31-13-17-37/h4-5,7-10,19,25-26,28,30,37-38H,3,6,11-18,20-21H2,1-2H3,(H,31,35)/b32-27+/t25?,26-,28?,30-/m1/s1. The van der Waals surface area contributed by atoms with E-state index in [9.17, 15) is 4.79 Å². The molecule has 2 aromatic carbocycles. The summed E-state index contributed by atoms with van der Waals surface area (Å²) in [6.45, 7) is 5.99. The molecule has 0 aromatic heterocycles. The Morgan fingerprint density at radius 1 is 1.13 bits per heavy atom. The minimum Gasteiger partial charge on any atom is -0.399 e. The van der Waals surface area contributed by atoms with E-state index < -0.39 is 0 Å². The molecule has 38 heavy (non-hydrogen) atoms. The van der Waals surface area contributed by atoms with Gasteiger partial charge in [-0.05, 0) is 67.4 Å². The van der Waals surface area contributed by atoms with E-state index in [0.717, 1.165) is 44.6 Å². The van der Waals surface area contributed by atoms with Crippen molar-refractivity contribution in [1.82, 2.24) is 15.1 Å². The quantitative estimate of drug-likeness (QED) is 0.177. The lowest BCUT2D eigenvalue weighted by atomic mass is 9.72. The number of hydrogen-bond acceptors (Lipinski definition) is 7. The van der Waals surface area contributed by atoms with Crippen molar-refractivity contribution in [2.45, 2.75) is 57.0 Å². The first-order valence-corrected chi connectivity index (χ1v) is 15.4. The van der Waals surface area contributed by atoms with Gasteiger partial charge in [0.05, 0.1) is 12.3 Å². The molecule has 2 fully saturated rings. The van der Waals surface area contributed by atoms with Crippen LogP contribution in [0.2, 0.25) is 0 Å². The number of carbonyl (C=O) groups is 1. The zero-order chi connectivity index (χ0) is 26.9. The molecule has 2 heterocycles. The number of hydrogen-bond donors (Lipinski definition) is 3. The van der Waals surface area contributed by atoms with E-state index in [-0.39, 0.29) is 5.91 Å². The monoisotopic (exact) mass is 556 g/mol. The van der Waals surface area contributed by atoms with Crippen LogP contribution in [0.5, 0.6) is 0 Å². The Labute approximate surface area is 239 Å². The van der Waals surface area contributed by atoms with Gasteiger partial charge in [-0.25, -0.2) is 0 Å². The number of carbonyl (C=O) groups excluding carboxylic acids is 1. The zero-order valence-corrected chi connectivity index (χ0v) is 24.7. The van der Waals surface area contributed by atoms with Crippen LogP contribution in [0.25, 0.3) is 10.8 Å². The van der Waals surface area contributed by atoms with E-state index in [0.29, 0.717) is 42.8 Å². The van der Waals surface area contributed by atoms with E-state index in [1.165, 1.54) is 34.9 Å². The van der Waals surface area contributed by atoms with Gasteiger partial charge in [0.25, 0.3) is 0 Å². The number of rotatable bonds is 14. The molecule has 1 amide bonds. The van der Waals surface area contributed by atoms with Crippen molar-refractivity contribution in [3.8, 4) is 0 Å². The number of amides is 1. The molecule has 2 aliphatic heterocycles. The summed E-state index contributed by atoms with van der Waals surface area (Å²) in [7, 11) is 1.67. The normalized spacial score (nSPS) is 23.8. The SMILES string of the molecule is CC/C(=N\OC)[C@@H]1C2CCC(C[C@@H]1c1ccc3ccccc3c1)N2CCCN(CCS)CC(=O)NCCS. The van der Waals surface area contributed by atoms with Crippen LogP contribution in [-0.2, 0) is 9.63 Å². The third kappa shape index (κ3) is 7.06. The molecule has 2 saturated heterocycles. The molecule has 6 nitrogen and oxygen atoms in total. The third-order valence-corrected chi connectivity index (χ3v) is 8.75. The van der Waals surface area contributed by atoms with Crippen LogP contribution in [0.3, 0.4) is 0 Å². The highest BCUT2D eigenvalue weighted by Crippen LogP contribution is 2.48. The van der Waals surface area contributed by atoms with Gasteiger partial charge in [-0.15, -0.1) is 0 Å². The van der Waals surface area contributed by atoms with Crippen molar-refractivity contribution in [1.29, 1.82) is 0 Å². The van der Waals surface area contributed by atoms with Gasteiger partial charge in [-0.3, -0.25) is 14.6 Å². The van der Waals surface area contributed by atoms with Crippen LogP contribution < -0.4 is 5.32 Å². The predicted octanol–water partition coefficient (Wildman–Crippen LogP) is 4.86. The van der Waals surface area contributed by atoms with Crippen molar-refractivity contribution in [3.63, 3.8) is 0 Å². The van der Waals surface area contributed by atoms with Gasteiger partial charge in [0, 0.05) is 42.6 Å². The maximum atomic E-state index is 12.3. The highest BCUT2D eigenvalue weighted by atomic mass is 32.1. The van der Waals surface area contributed by atoms with E-state index in [1.54, 1.807) is 7.11 Å². The van der Waals surface area contributed by atoms with Crippen LogP contribution in [0, 0.1) is 5.92 Å². The molecule has 8 heteroatoms. The molecular formula is C30H44N4O2S2. The van der Waals surface area contributed by atoms with Crippen molar-refractivity contribution in [3.05, 3.63) is 48.0 Å². The molecule has 4 rings (SSSR count). The Morgan fingerprint density at radius 2 is 1.95 bits per heavy atom. The van der Waals surface area contributed by atoms with Gasteiger partial charge in [0.15, 0.2) is 0 Å². The average Bonchev–Trinajstić information content (AvgIpc) is 3.21. The minimum absolute atomic E-state index is 0.0699. The summed E-state index contributed by atoms with van der Waals surface area (Å²) in [6, 6.07) is 16.7. The van der Waals surface area contributed by atoms with Gasteiger partial charge in [0.2, 0.25) is 5.91 Å². The first-order valence-electron chi connectivity index (χ1n) is 14.1. The number of oxime groups is 1. The molecule has 2 aromatic rings. The number of piperidine rings is 1. The highest BCUT2D eigenvalue weighted by molar-refractivity contribution is 7.80. The number of benzene rings is 2. The van der Waals surface area contributed by atoms with Crippen molar-refractivity contribution >= 4 is 47.6 Å². The number of nitrogens with zero attached hydrogens (tertiary/aromatic N) is 3. The first kappa shape index (κ1) is 29.2. The fourth-order valence-corrected chi connectivity index (χ4v) is 7.11. The summed E-state index contributed by atoms with van der Waals surface area (Å²) in [5.41, 5.74) is 2.60. The lowest BCUT2D eigenvalue weighted by molar-refractivity contribution is -0.122.